The number of halogens is 9. The van der Waals surface area contributed by atoms with Crippen LogP contribution in [-0.4, -0.2) is 31.7 Å². The van der Waals surface area contributed by atoms with Crippen LogP contribution in [0.1, 0.15) is 0 Å². The smallest absolute Gasteiger partial charge is 0.202 e. The molecule has 5 aromatic carbocycles. The van der Waals surface area contributed by atoms with E-state index in [-0.39, 0.29) is 14.7 Å². The van der Waals surface area contributed by atoms with Crippen molar-refractivity contribution < 1.29 is 51.6 Å². The van der Waals surface area contributed by atoms with Crippen molar-refractivity contribution >= 4 is 31.2 Å². The van der Waals surface area contributed by atoms with E-state index in [0.717, 1.165) is 16.3 Å². The fourth-order valence-corrected chi connectivity index (χ4v) is 9.97. The van der Waals surface area contributed by atoms with Crippen LogP contribution < -0.4 is 0 Å². The topological polar surface area (TPSA) is 43.4 Å². The third-order valence-electron chi connectivity index (χ3n) is 7.06. The molecule has 0 aliphatic heterocycles. The van der Waals surface area contributed by atoms with E-state index in [1.165, 1.54) is 84.9 Å². The summed E-state index contributed by atoms with van der Waals surface area (Å²) in [7, 11) is -11.4. The summed E-state index contributed by atoms with van der Waals surface area (Å²) in [5.41, 5.74) is 1.29. The molecule has 242 valence electrons. The molecule has 0 radical (unpaired) electrons. The highest BCUT2D eigenvalue weighted by Crippen LogP contribution is 2.71. The summed E-state index contributed by atoms with van der Waals surface area (Å²) in [6.07, 6.45) is -7.23. The first-order chi connectivity index (χ1) is 21.5. The summed E-state index contributed by atoms with van der Waals surface area (Å²) in [5, 5.41) is -5.34. The molecule has 0 aromatic heterocycles. The molecular weight excluding hydrogens is 667 g/mol. The number of alkyl halides is 9. The minimum atomic E-state index is -7.46. The van der Waals surface area contributed by atoms with Crippen LogP contribution in [0.5, 0.6) is 0 Å². The number of fused-ring (bicyclic) bond motifs is 1. The number of benzene rings is 5. The monoisotopic (exact) mass is 688 g/mol. The van der Waals surface area contributed by atoms with Crippen molar-refractivity contribution in [3.63, 3.8) is 0 Å². The molecule has 46 heavy (non-hydrogen) atoms. The summed E-state index contributed by atoms with van der Waals surface area (Å²) >= 11 is 0. The quantitative estimate of drug-likeness (QED) is 0.145. The zero-order chi connectivity index (χ0) is 33.6. The standard InChI is InChI=1S/C32H21F9O3S2/c33-29(34,31(37,38)39)30(35,36)32(40,41)46(42,43)44-45(24-12-3-1-4-13-24,25-14-5-2-6-15-25)26-20-18-23(19-21-26)28-17-9-11-22-10-7-8-16-27(22)28/h1-21H. The Hall–Kier alpha value is -4.01. The minimum absolute atomic E-state index is 0.163. The fraction of sp³-hybridized carbons (Fsp3) is 0.125. The van der Waals surface area contributed by atoms with E-state index in [1.54, 1.807) is 18.2 Å². The second-order valence-electron chi connectivity index (χ2n) is 9.92. The SMILES string of the molecule is O=S(=O)(OS(c1ccccc1)(c1ccccc1)c1ccc(-c2cccc3ccccc23)cc1)C(F)(F)C(F)(F)C(F)(F)C(F)(F)F. The van der Waals surface area contributed by atoms with Gasteiger partial charge in [-0.25, -0.2) is 3.63 Å². The van der Waals surface area contributed by atoms with Gasteiger partial charge in [-0.3, -0.25) is 0 Å². The van der Waals surface area contributed by atoms with Gasteiger partial charge in [-0.2, -0.15) is 47.9 Å². The summed E-state index contributed by atoms with van der Waals surface area (Å²) in [6, 6.07) is 31.6. The molecule has 0 heterocycles. The molecule has 0 saturated carbocycles. The largest absolute Gasteiger partial charge is 0.460 e. The molecule has 0 saturated heterocycles. The van der Waals surface area contributed by atoms with Crippen LogP contribution in [0.4, 0.5) is 39.5 Å². The first-order valence-corrected chi connectivity index (χ1v) is 16.1. The van der Waals surface area contributed by atoms with Crippen LogP contribution in [0.3, 0.4) is 0 Å². The molecule has 0 fully saturated rings. The first kappa shape index (κ1) is 33.4. The van der Waals surface area contributed by atoms with Crippen LogP contribution in [-0.2, 0) is 13.7 Å². The predicted octanol–water partition coefficient (Wildman–Crippen LogP) is 10.5. The van der Waals surface area contributed by atoms with Crippen molar-refractivity contribution in [1.29, 1.82) is 0 Å². The minimum Gasteiger partial charge on any atom is -0.202 e. The Morgan fingerprint density at radius 3 is 1.46 bits per heavy atom. The maximum atomic E-state index is 15.1. The molecule has 5 rings (SSSR count). The van der Waals surface area contributed by atoms with Gasteiger partial charge in [-0.1, -0.05) is 91.0 Å². The Bertz CT molecular complexity index is 1900. The molecular formula is C32H21F9O3S2. The van der Waals surface area contributed by atoms with Crippen molar-refractivity contribution in [1.82, 2.24) is 0 Å². The highest BCUT2D eigenvalue weighted by Gasteiger charge is 2.86. The molecule has 0 unspecified atom stereocenters. The van der Waals surface area contributed by atoms with E-state index in [0.29, 0.717) is 5.56 Å². The molecule has 3 nitrogen and oxygen atoms in total. The molecule has 14 heteroatoms. The zero-order valence-electron chi connectivity index (χ0n) is 23.1. The number of hydrogen-bond acceptors (Lipinski definition) is 3. The number of hydrogen-bond donors (Lipinski definition) is 0. The normalized spacial score (nSPS) is 13.9. The lowest BCUT2D eigenvalue weighted by Gasteiger charge is -2.41. The van der Waals surface area contributed by atoms with Gasteiger partial charge in [0, 0.05) is 14.7 Å². The zero-order valence-corrected chi connectivity index (χ0v) is 24.7. The Kier molecular flexibility index (Phi) is 8.45. The average molecular weight is 689 g/mol. The Morgan fingerprint density at radius 2 is 0.935 bits per heavy atom. The fourth-order valence-electron chi connectivity index (χ4n) is 4.75. The van der Waals surface area contributed by atoms with Crippen molar-refractivity contribution in [2.45, 2.75) is 38.0 Å². The van der Waals surface area contributed by atoms with Crippen LogP contribution >= 0.6 is 10.3 Å². The van der Waals surface area contributed by atoms with Crippen molar-refractivity contribution in [3.8, 4) is 11.1 Å². The van der Waals surface area contributed by atoms with Gasteiger partial charge in [-0.05, 0) is 68.6 Å². The summed E-state index contributed by atoms with van der Waals surface area (Å²) in [6.45, 7) is 0. The van der Waals surface area contributed by atoms with E-state index < -0.39 is 43.7 Å². The van der Waals surface area contributed by atoms with Gasteiger partial charge >= 0.3 is 33.4 Å². The van der Waals surface area contributed by atoms with Crippen LogP contribution in [0, 0.1) is 0 Å². The molecule has 0 aliphatic rings. The lowest BCUT2D eigenvalue weighted by atomic mass is 9.98. The molecule has 0 amide bonds. The highest BCUT2D eigenvalue weighted by molar-refractivity contribution is 8.33. The second-order valence-corrected chi connectivity index (χ2v) is 14.4. The third-order valence-corrected chi connectivity index (χ3v) is 12.3. The Labute approximate surface area is 258 Å². The molecule has 5 aromatic rings. The van der Waals surface area contributed by atoms with Gasteiger partial charge in [0.05, 0.1) is 0 Å². The van der Waals surface area contributed by atoms with E-state index >= 15 is 8.78 Å². The molecule has 0 N–H and O–H groups in total. The maximum absolute atomic E-state index is 15.1. The molecule has 0 atom stereocenters. The van der Waals surface area contributed by atoms with Gasteiger partial charge in [0.1, 0.15) is 0 Å². The Balaban J connectivity index is 1.74. The molecule has 0 bridgehead atoms. The van der Waals surface area contributed by atoms with Gasteiger partial charge < -0.3 is 0 Å². The van der Waals surface area contributed by atoms with Crippen LogP contribution in [0.15, 0.2) is 142 Å². The van der Waals surface area contributed by atoms with Crippen LogP contribution in [0.25, 0.3) is 21.9 Å². The Morgan fingerprint density at radius 1 is 0.478 bits per heavy atom. The van der Waals surface area contributed by atoms with E-state index in [1.807, 2.05) is 24.3 Å². The summed E-state index contributed by atoms with van der Waals surface area (Å²) in [5.74, 6) is -14.9. The predicted molar refractivity (Wildman–Crippen MR) is 156 cm³/mol. The average Bonchev–Trinajstić information content (AvgIpc) is 3.03. The van der Waals surface area contributed by atoms with Crippen LogP contribution in [0.2, 0.25) is 0 Å². The van der Waals surface area contributed by atoms with Crippen molar-refractivity contribution in [2.24, 2.45) is 0 Å². The van der Waals surface area contributed by atoms with E-state index in [4.69, 9.17) is 3.63 Å². The lowest BCUT2D eigenvalue weighted by molar-refractivity contribution is -0.382. The van der Waals surface area contributed by atoms with Crippen molar-refractivity contribution in [2.75, 3.05) is 0 Å². The van der Waals surface area contributed by atoms with E-state index in [9.17, 15) is 39.2 Å². The van der Waals surface area contributed by atoms with Gasteiger partial charge in [0.15, 0.2) is 0 Å². The summed E-state index contributed by atoms with van der Waals surface area (Å²) in [4.78, 5) is -0.493. The number of rotatable bonds is 9. The lowest BCUT2D eigenvalue weighted by Crippen LogP contribution is -2.63. The maximum Gasteiger partial charge on any atom is 0.460 e. The van der Waals surface area contributed by atoms with Gasteiger partial charge in [0.2, 0.25) is 0 Å². The molecule has 0 spiro atoms. The third kappa shape index (κ3) is 5.31. The second kappa shape index (κ2) is 11.7. The van der Waals surface area contributed by atoms with Gasteiger partial charge in [-0.15, -0.1) is 0 Å². The van der Waals surface area contributed by atoms with E-state index in [2.05, 4.69) is 0 Å². The van der Waals surface area contributed by atoms with Crippen molar-refractivity contribution in [3.05, 3.63) is 127 Å². The highest BCUT2D eigenvalue weighted by atomic mass is 32.3. The molecule has 0 aliphatic carbocycles. The first-order valence-electron chi connectivity index (χ1n) is 13.1. The summed E-state index contributed by atoms with van der Waals surface area (Å²) < 4.78 is 156. The van der Waals surface area contributed by atoms with Gasteiger partial charge in [0.25, 0.3) is 0 Å².